The predicted octanol–water partition coefficient (Wildman–Crippen LogP) is 5.81. The Labute approximate surface area is 200 Å². The molecule has 3 N–H and O–H groups in total. The Balaban J connectivity index is 1.60. The summed E-state index contributed by atoms with van der Waals surface area (Å²) in [6.07, 6.45) is 8.33. The summed E-state index contributed by atoms with van der Waals surface area (Å²) in [7, 11) is 0. The number of aliphatic hydroxyl groups is 2. The van der Waals surface area contributed by atoms with Crippen molar-refractivity contribution in [1.82, 2.24) is 0 Å². The molecule has 33 heavy (non-hydrogen) atoms. The van der Waals surface area contributed by atoms with Gasteiger partial charge >= 0.3 is 5.97 Å². The first-order chi connectivity index (χ1) is 15.3. The minimum absolute atomic E-state index is 0.0436. The van der Waals surface area contributed by atoms with Crippen molar-refractivity contribution in [1.29, 1.82) is 0 Å². The van der Waals surface area contributed by atoms with Gasteiger partial charge in [-0.1, -0.05) is 41.2 Å². The molecule has 5 aliphatic carbocycles. The van der Waals surface area contributed by atoms with Gasteiger partial charge in [0.05, 0.1) is 17.6 Å². The van der Waals surface area contributed by atoms with Gasteiger partial charge in [-0.25, -0.2) is 0 Å². The second kappa shape index (κ2) is 7.09. The van der Waals surface area contributed by atoms with Gasteiger partial charge < -0.3 is 15.3 Å². The Kier molecular flexibility index (Phi) is 5.13. The molecule has 0 radical (unpaired) electrons. The van der Waals surface area contributed by atoms with E-state index >= 15 is 0 Å². The molecule has 5 saturated carbocycles. The van der Waals surface area contributed by atoms with Crippen molar-refractivity contribution < 1.29 is 20.1 Å². The van der Waals surface area contributed by atoms with E-state index in [-0.39, 0.29) is 33.7 Å². The second-order valence-corrected chi connectivity index (χ2v) is 14.1. The van der Waals surface area contributed by atoms with Crippen LogP contribution >= 0.6 is 0 Å². The molecule has 0 heterocycles. The topological polar surface area (TPSA) is 77.8 Å². The van der Waals surface area contributed by atoms with Crippen LogP contribution in [0, 0.1) is 50.7 Å². The Morgan fingerprint density at radius 2 is 1.58 bits per heavy atom. The van der Waals surface area contributed by atoms with Gasteiger partial charge in [-0.05, 0) is 115 Å². The van der Waals surface area contributed by atoms with Crippen molar-refractivity contribution in [2.45, 2.75) is 111 Å². The lowest BCUT2D eigenvalue weighted by Crippen LogP contribution is -2.70. The minimum Gasteiger partial charge on any atom is -0.481 e. The summed E-state index contributed by atoms with van der Waals surface area (Å²) >= 11 is 0. The number of rotatable bonds is 1. The van der Waals surface area contributed by atoms with Crippen molar-refractivity contribution in [2.24, 2.45) is 50.7 Å². The summed E-state index contributed by atoms with van der Waals surface area (Å²) < 4.78 is 0. The lowest BCUT2D eigenvalue weighted by molar-refractivity contribution is -0.263. The molecule has 0 aromatic carbocycles. The van der Waals surface area contributed by atoms with Gasteiger partial charge in [0.25, 0.3) is 0 Å². The Morgan fingerprint density at radius 1 is 0.879 bits per heavy atom. The van der Waals surface area contributed by atoms with E-state index in [2.05, 4.69) is 41.2 Å². The van der Waals surface area contributed by atoms with E-state index in [0.717, 1.165) is 56.9 Å². The van der Waals surface area contributed by atoms with Crippen LogP contribution in [-0.4, -0.2) is 33.5 Å². The molecule has 0 saturated heterocycles. The Hall–Kier alpha value is -0.870. The molecule has 0 aliphatic heterocycles. The van der Waals surface area contributed by atoms with Gasteiger partial charge in [0, 0.05) is 0 Å². The summed E-state index contributed by atoms with van der Waals surface area (Å²) in [6, 6.07) is 0. The minimum atomic E-state index is -0.749. The Morgan fingerprint density at radius 3 is 2.24 bits per heavy atom. The quantitative estimate of drug-likeness (QED) is 0.433. The van der Waals surface area contributed by atoms with Gasteiger partial charge in [0.2, 0.25) is 0 Å². The van der Waals surface area contributed by atoms with Gasteiger partial charge in [0.15, 0.2) is 0 Å². The molecule has 5 fully saturated rings. The molecule has 0 aromatic heterocycles. The third-order valence-electron chi connectivity index (χ3n) is 13.2. The second-order valence-electron chi connectivity index (χ2n) is 14.1. The zero-order valence-electron chi connectivity index (χ0n) is 21.5. The largest absolute Gasteiger partial charge is 0.481 e. The molecule has 0 amide bonds. The normalized spacial score (nSPS) is 58.5. The standard InChI is InChI=1S/C29H46O4/c1-17-15-23-25(3,16-20(17)31)11-13-28(6)22-9-10-26(4)18(2)19(30)7-8-21(26)27(22,5)12-14-29(23,28)24(32)33/h18-23,30-31H,1,7-16H2,2-6H3,(H,32,33)/t18-,19-,20-,21+,22+,23+,25-,26+,27-,28+,29+/m0/s1. The third kappa shape index (κ3) is 2.74. The smallest absolute Gasteiger partial charge is 0.310 e. The lowest BCUT2D eigenvalue weighted by atomic mass is 9.30. The van der Waals surface area contributed by atoms with Crippen molar-refractivity contribution >= 4 is 5.97 Å². The fourth-order valence-corrected chi connectivity index (χ4v) is 11.1. The average molecular weight is 459 g/mol. The number of aliphatic carboxylic acids is 1. The number of aliphatic hydroxyl groups excluding tert-OH is 2. The van der Waals surface area contributed by atoms with E-state index in [1.807, 2.05) is 0 Å². The van der Waals surface area contributed by atoms with Crippen molar-refractivity contribution in [2.75, 3.05) is 0 Å². The van der Waals surface area contributed by atoms with Crippen LogP contribution in [0.1, 0.15) is 98.8 Å². The molecule has 0 aromatic rings. The monoisotopic (exact) mass is 458 g/mol. The third-order valence-corrected chi connectivity index (χ3v) is 13.2. The van der Waals surface area contributed by atoms with Crippen LogP contribution in [0.2, 0.25) is 0 Å². The molecule has 0 spiro atoms. The number of fused-ring (bicyclic) bond motifs is 7. The zero-order valence-corrected chi connectivity index (χ0v) is 21.5. The highest BCUT2D eigenvalue weighted by atomic mass is 16.4. The highest BCUT2D eigenvalue weighted by molar-refractivity contribution is 5.77. The van der Waals surface area contributed by atoms with E-state index < -0.39 is 17.5 Å². The predicted molar refractivity (Wildman–Crippen MR) is 129 cm³/mol. The zero-order chi connectivity index (χ0) is 24.2. The van der Waals surface area contributed by atoms with Crippen LogP contribution in [0.25, 0.3) is 0 Å². The number of hydrogen-bond donors (Lipinski definition) is 3. The number of carboxylic acids is 1. The highest BCUT2D eigenvalue weighted by Crippen LogP contribution is 2.78. The summed E-state index contributed by atoms with van der Waals surface area (Å²) in [5.74, 6) is 0.670. The van der Waals surface area contributed by atoms with Crippen molar-refractivity contribution in [3.63, 3.8) is 0 Å². The first-order valence-electron chi connectivity index (χ1n) is 13.5. The van der Waals surface area contributed by atoms with E-state index in [1.54, 1.807) is 0 Å². The first-order valence-corrected chi connectivity index (χ1v) is 13.5. The van der Waals surface area contributed by atoms with E-state index in [4.69, 9.17) is 0 Å². The first kappa shape index (κ1) is 23.9. The van der Waals surface area contributed by atoms with E-state index in [0.29, 0.717) is 30.6 Å². The van der Waals surface area contributed by atoms with Crippen LogP contribution in [0.15, 0.2) is 12.2 Å². The van der Waals surface area contributed by atoms with E-state index in [9.17, 15) is 20.1 Å². The maximum absolute atomic E-state index is 13.4. The van der Waals surface area contributed by atoms with Crippen LogP contribution in [-0.2, 0) is 4.79 Å². The SMILES string of the molecule is C=C1C[C@@H]2[C@@](C)(CC[C@]3(C)[C@@H]4CC[C@@]5(C)[C@@H](CC[C@H](O)[C@@H]5C)[C@]4(C)CC[C@]23C(=O)O)C[C@@H]1O. The van der Waals surface area contributed by atoms with Crippen LogP contribution < -0.4 is 0 Å². The number of hydrogen-bond acceptors (Lipinski definition) is 3. The molecule has 4 heteroatoms. The van der Waals surface area contributed by atoms with Crippen LogP contribution in [0.4, 0.5) is 0 Å². The van der Waals surface area contributed by atoms with E-state index in [1.165, 1.54) is 0 Å². The van der Waals surface area contributed by atoms with Crippen LogP contribution in [0.5, 0.6) is 0 Å². The molecular formula is C29H46O4. The van der Waals surface area contributed by atoms with Crippen LogP contribution in [0.3, 0.4) is 0 Å². The fourth-order valence-electron chi connectivity index (χ4n) is 11.1. The molecule has 186 valence electrons. The molecule has 0 bridgehead atoms. The van der Waals surface area contributed by atoms with Crippen molar-refractivity contribution in [3.8, 4) is 0 Å². The van der Waals surface area contributed by atoms with Gasteiger partial charge in [-0.15, -0.1) is 0 Å². The molecule has 5 rings (SSSR count). The fraction of sp³-hybridized carbons (Fsp3) is 0.897. The molecule has 11 atom stereocenters. The number of carboxylic acid groups (broad SMARTS) is 1. The summed E-state index contributed by atoms with van der Waals surface area (Å²) in [5, 5.41) is 32.3. The number of carbonyl (C=O) groups is 1. The van der Waals surface area contributed by atoms with Gasteiger partial charge in [-0.3, -0.25) is 4.79 Å². The molecule has 5 aliphatic rings. The summed E-state index contributed by atoms with van der Waals surface area (Å²) in [5.41, 5.74) is -0.0519. The highest BCUT2D eigenvalue weighted by Gasteiger charge is 2.74. The van der Waals surface area contributed by atoms with Crippen molar-refractivity contribution in [3.05, 3.63) is 12.2 Å². The summed E-state index contributed by atoms with van der Waals surface area (Å²) in [4.78, 5) is 13.4. The maximum Gasteiger partial charge on any atom is 0.310 e. The average Bonchev–Trinajstić information content (AvgIpc) is 2.73. The summed E-state index contributed by atoms with van der Waals surface area (Å²) in [6.45, 7) is 15.9. The molecular weight excluding hydrogens is 412 g/mol. The van der Waals surface area contributed by atoms with Gasteiger partial charge in [-0.2, -0.15) is 0 Å². The lowest BCUT2D eigenvalue weighted by Gasteiger charge is -2.73. The van der Waals surface area contributed by atoms with Gasteiger partial charge in [0.1, 0.15) is 0 Å². The molecule has 4 nitrogen and oxygen atoms in total. The molecule has 0 unspecified atom stereocenters. The Bertz CT molecular complexity index is 868. The maximum atomic E-state index is 13.4.